The minimum atomic E-state index is -3.87. The van der Waals surface area contributed by atoms with Crippen LogP contribution in [0.4, 0.5) is 9.59 Å². The predicted molar refractivity (Wildman–Crippen MR) is 215 cm³/mol. The van der Waals surface area contributed by atoms with Gasteiger partial charge in [0, 0.05) is 31.9 Å². The Morgan fingerprint density at radius 1 is 1.00 bits per heavy atom. The summed E-state index contributed by atoms with van der Waals surface area (Å²) >= 11 is 0. The van der Waals surface area contributed by atoms with E-state index in [1.807, 2.05) is 30.5 Å². The highest BCUT2D eigenvalue weighted by atomic mass is 32.2. The number of sulfonamides is 1. The minimum Gasteiger partial charge on any atom is -0.492 e. The first kappa shape index (κ1) is 43.7. The molecule has 17 nitrogen and oxygen atoms in total. The highest BCUT2D eigenvalue weighted by molar-refractivity contribution is 7.91. The van der Waals surface area contributed by atoms with E-state index >= 15 is 0 Å². The van der Waals surface area contributed by atoms with Crippen LogP contribution in [0.1, 0.15) is 116 Å². The van der Waals surface area contributed by atoms with Crippen LogP contribution >= 0.6 is 0 Å². The van der Waals surface area contributed by atoms with Crippen LogP contribution in [0.15, 0.2) is 36.7 Å². The van der Waals surface area contributed by atoms with Crippen LogP contribution in [0.2, 0.25) is 0 Å². The van der Waals surface area contributed by atoms with E-state index < -0.39 is 74.5 Å². The summed E-state index contributed by atoms with van der Waals surface area (Å²) in [4.78, 5) is 71.4. The predicted octanol–water partition coefficient (Wildman–Crippen LogP) is 4.28. The molecule has 0 bridgehead atoms. The number of amides is 5. The Morgan fingerprint density at radius 3 is 2.41 bits per heavy atom. The maximum atomic E-state index is 14.5. The molecule has 1 aromatic heterocycles. The van der Waals surface area contributed by atoms with Crippen LogP contribution < -0.4 is 20.1 Å². The number of benzene rings is 1. The lowest BCUT2D eigenvalue weighted by Gasteiger charge is -2.30. The summed E-state index contributed by atoms with van der Waals surface area (Å²) in [6, 6.07) is 5.25. The van der Waals surface area contributed by atoms with Crippen molar-refractivity contribution in [1.29, 1.82) is 0 Å². The number of nitrogens with zero attached hydrogens (tertiary/aromatic N) is 4. The number of unbranched alkanes of at least 4 members (excludes halogenated alkanes) is 5. The van der Waals surface area contributed by atoms with Crippen LogP contribution in [0.5, 0.6) is 5.75 Å². The third kappa shape index (κ3) is 11.9. The van der Waals surface area contributed by atoms with E-state index in [-0.39, 0.29) is 38.8 Å². The molecule has 2 aliphatic carbocycles. The van der Waals surface area contributed by atoms with Crippen molar-refractivity contribution in [3.8, 4) is 5.75 Å². The normalized spacial score (nSPS) is 20.0. The van der Waals surface area contributed by atoms with Crippen molar-refractivity contribution in [3.05, 3.63) is 47.8 Å². The van der Waals surface area contributed by atoms with Crippen LogP contribution in [0.3, 0.4) is 0 Å². The number of likely N-dealkylation sites (tertiary alicyclic amines) is 1. The molecule has 2 aromatic rings. The van der Waals surface area contributed by atoms with E-state index in [2.05, 4.69) is 27.4 Å². The summed E-state index contributed by atoms with van der Waals surface area (Å²) < 4.78 is 46.5. The van der Waals surface area contributed by atoms with E-state index in [1.54, 1.807) is 31.6 Å². The van der Waals surface area contributed by atoms with Crippen LogP contribution in [0, 0.1) is 0 Å². The summed E-state index contributed by atoms with van der Waals surface area (Å²) in [5, 5.41) is 9.01. The average Bonchev–Trinajstić information content (AvgIpc) is 4.02. The Kier molecular flexibility index (Phi) is 13.8. The van der Waals surface area contributed by atoms with E-state index in [0.29, 0.717) is 44.7 Å². The van der Waals surface area contributed by atoms with Gasteiger partial charge in [-0.25, -0.2) is 18.0 Å². The third-order valence-corrected chi connectivity index (χ3v) is 12.8. The number of hydrogen-bond acceptors (Lipinski definition) is 11. The highest BCUT2D eigenvalue weighted by Gasteiger charge is 2.55. The van der Waals surface area contributed by atoms with Gasteiger partial charge in [0.1, 0.15) is 41.7 Å². The number of nitrogens with one attached hydrogen (secondary N) is 3. The number of alkyl carbamates (subject to hydrolysis) is 1. The minimum absolute atomic E-state index is 0.0768. The lowest BCUT2D eigenvalue weighted by Crippen LogP contribution is -2.57. The van der Waals surface area contributed by atoms with E-state index in [0.717, 1.165) is 43.2 Å². The topological polar surface area (TPSA) is 208 Å². The first-order chi connectivity index (χ1) is 28.1. The smallest absolute Gasteiger partial charge is 0.410 e. The lowest BCUT2D eigenvalue weighted by atomic mass is 10.0. The zero-order valence-electron chi connectivity index (χ0n) is 34.6. The number of hydrogen-bond donors (Lipinski definition) is 3. The van der Waals surface area contributed by atoms with Crippen molar-refractivity contribution in [1.82, 2.24) is 34.9 Å². The molecule has 3 heterocycles. The van der Waals surface area contributed by atoms with Crippen LogP contribution in [-0.4, -0.2) is 106 Å². The van der Waals surface area contributed by atoms with Gasteiger partial charge in [0.05, 0.1) is 18.3 Å². The summed E-state index contributed by atoms with van der Waals surface area (Å²) in [6.45, 7) is 8.68. The monoisotopic (exact) mass is 841 g/mol. The van der Waals surface area contributed by atoms with Crippen molar-refractivity contribution in [2.75, 3.05) is 13.2 Å². The Morgan fingerprint density at radius 2 is 1.73 bits per heavy atom. The molecule has 2 saturated carbocycles. The first-order valence-corrected chi connectivity index (χ1v) is 22.5. The van der Waals surface area contributed by atoms with Gasteiger partial charge in [0.2, 0.25) is 21.8 Å². The molecule has 5 amide bonds. The highest BCUT2D eigenvalue weighted by Crippen LogP contribution is 2.38. The fraction of sp³-hybridized carbons (Fsp3) is 0.659. The molecule has 18 heteroatoms. The molecule has 0 radical (unpaired) electrons. The Labute approximate surface area is 346 Å². The summed E-state index contributed by atoms with van der Waals surface area (Å²) in [5.41, 5.74) is -0.437. The van der Waals surface area contributed by atoms with E-state index in [9.17, 15) is 32.4 Å². The molecule has 3 fully saturated rings. The summed E-state index contributed by atoms with van der Waals surface area (Å²) in [6.07, 6.45) is 8.49. The molecule has 2 aliphatic heterocycles. The van der Waals surface area contributed by atoms with Crippen LogP contribution in [0.25, 0.3) is 0 Å². The maximum absolute atomic E-state index is 14.5. The number of carbonyl (C=O) groups excluding carboxylic acids is 5. The van der Waals surface area contributed by atoms with Gasteiger partial charge >= 0.3 is 12.2 Å². The third-order valence-electron chi connectivity index (χ3n) is 11.0. The largest absolute Gasteiger partial charge is 0.492 e. The molecule has 3 atom stereocenters. The van der Waals surface area contributed by atoms with E-state index in [1.165, 1.54) is 9.80 Å². The van der Waals surface area contributed by atoms with Crippen molar-refractivity contribution < 1.29 is 46.6 Å². The standard InChI is InChI=1S/C41H59N7O10S/c1-5-6-7-8-9-10-12-33(43-38(52)58-40(2,3)4)36(50)48-27-31(24-34(48)35(49)44-41(17-18-41)37(51)45-59(54,55)32-15-16-32)57-39(53)46-25-28-13-14-30(23-29(28)26-46)56-22-21-47-20-11-19-42-47/h11,13-14,19-20,23,31-34H,5-10,12,15-18,21-22,24-27H2,1-4H3,(H,43,52)(H,44,49)(H,45,51)/t31-,33+,34?/m1/s1. The molecule has 1 saturated heterocycles. The lowest BCUT2D eigenvalue weighted by molar-refractivity contribution is -0.141. The molecule has 59 heavy (non-hydrogen) atoms. The molecular weight excluding hydrogens is 783 g/mol. The molecule has 1 unspecified atom stereocenters. The quantitative estimate of drug-likeness (QED) is 0.170. The SMILES string of the molecule is CCCCCCCC[C@H](NC(=O)OC(C)(C)C)C(=O)N1C[C@H](OC(=O)N2Cc3ccc(OCCn4cccn4)cc3C2)CC1C(=O)NC1(C(=O)NS(=O)(=O)C2CC2)CC1. The van der Waals surface area contributed by atoms with Gasteiger partial charge in [-0.05, 0) is 82.2 Å². The summed E-state index contributed by atoms with van der Waals surface area (Å²) in [7, 11) is -3.87. The molecule has 1 aromatic carbocycles. The number of carbonyl (C=O) groups is 5. The van der Waals surface area contributed by atoms with Gasteiger partial charge in [-0.2, -0.15) is 5.10 Å². The van der Waals surface area contributed by atoms with E-state index in [4.69, 9.17) is 14.2 Å². The number of fused-ring (bicyclic) bond motifs is 1. The second kappa shape index (κ2) is 18.6. The van der Waals surface area contributed by atoms with Gasteiger partial charge in [-0.1, -0.05) is 51.5 Å². The molecule has 324 valence electrons. The van der Waals surface area contributed by atoms with Crippen molar-refractivity contribution in [2.24, 2.45) is 0 Å². The zero-order valence-corrected chi connectivity index (χ0v) is 35.4. The Balaban J connectivity index is 1.14. The second-order valence-corrected chi connectivity index (χ2v) is 19.1. The van der Waals surface area contributed by atoms with Gasteiger partial charge in [0.15, 0.2) is 0 Å². The molecule has 4 aliphatic rings. The number of aromatic nitrogens is 2. The second-order valence-electron chi connectivity index (χ2n) is 17.2. The first-order valence-electron chi connectivity index (χ1n) is 20.9. The fourth-order valence-electron chi connectivity index (χ4n) is 7.45. The molecular formula is C41H59N7O10S. The van der Waals surface area contributed by atoms with Gasteiger partial charge in [-0.3, -0.25) is 28.7 Å². The molecule has 6 rings (SSSR count). The Hall–Kier alpha value is -4.87. The number of ether oxygens (including phenoxy) is 3. The summed E-state index contributed by atoms with van der Waals surface area (Å²) in [5.74, 6) is -1.39. The van der Waals surface area contributed by atoms with Crippen LogP contribution in [-0.2, 0) is 53.5 Å². The van der Waals surface area contributed by atoms with Gasteiger partial charge in [0.25, 0.3) is 5.91 Å². The van der Waals surface area contributed by atoms with Gasteiger partial charge in [-0.15, -0.1) is 0 Å². The number of rotatable bonds is 19. The molecule has 3 N–H and O–H groups in total. The maximum Gasteiger partial charge on any atom is 0.410 e. The molecule has 0 spiro atoms. The Bertz CT molecular complexity index is 1940. The fourth-order valence-corrected chi connectivity index (χ4v) is 8.83. The van der Waals surface area contributed by atoms with Crippen molar-refractivity contribution >= 4 is 39.9 Å². The van der Waals surface area contributed by atoms with Gasteiger partial charge < -0.3 is 29.7 Å². The zero-order chi connectivity index (χ0) is 42.4. The van der Waals surface area contributed by atoms with Crippen molar-refractivity contribution in [3.63, 3.8) is 0 Å². The average molecular weight is 842 g/mol. The van der Waals surface area contributed by atoms with Crippen molar-refractivity contribution in [2.45, 2.75) is 159 Å².